The van der Waals surface area contributed by atoms with Gasteiger partial charge in [-0.3, -0.25) is 0 Å². The van der Waals surface area contributed by atoms with Crippen LogP contribution in [0.3, 0.4) is 0 Å². The third-order valence-electron chi connectivity index (χ3n) is 3.98. The van der Waals surface area contributed by atoms with Crippen molar-refractivity contribution < 1.29 is 4.79 Å². The number of anilines is 1. The number of carbonyl (C=O) groups excluding carboxylic acids is 1. The highest BCUT2D eigenvalue weighted by Gasteiger charge is 2.33. The number of benzene rings is 2. The van der Waals surface area contributed by atoms with E-state index in [0.717, 1.165) is 16.8 Å². The third-order valence-corrected chi connectivity index (χ3v) is 4.21. The van der Waals surface area contributed by atoms with Crippen LogP contribution < -0.4 is 10.6 Å². The number of carbonyl (C=O) groups is 1. The minimum Gasteiger partial charge on any atom is -0.331 e. The van der Waals surface area contributed by atoms with E-state index >= 15 is 0 Å². The molecule has 1 aliphatic carbocycles. The van der Waals surface area contributed by atoms with Crippen LogP contribution in [0.5, 0.6) is 0 Å². The van der Waals surface area contributed by atoms with Crippen molar-refractivity contribution in [1.82, 2.24) is 5.32 Å². The highest BCUT2D eigenvalue weighted by Crippen LogP contribution is 2.40. The van der Waals surface area contributed by atoms with Crippen molar-refractivity contribution in [2.45, 2.75) is 25.8 Å². The van der Waals surface area contributed by atoms with E-state index in [4.69, 9.17) is 11.6 Å². The molecule has 0 bridgehead atoms. The van der Waals surface area contributed by atoms with Gasteiger partial charge in [0.25, 0.3) is 0 Å². The van der Waals surface area contributed by atoms with Crippen LogP contribution in [-0.2, 0) is 0 Å². The van der Waals surface area contributed by atoms with E-state index in [1.54, 1.807) is 6.07 Å². The zero-order chi connectivity index (χ0) is 15.5. The summed E-state index contributed by atoms with van der Waals surface area (Å²) in [6.45, 7) is 1.93. The summed E-state index contributed by atoms with van der Waals surface area (Å²) in [4.78, 5) is 12.3. The first-order valence-electron chi connectivity index (χ1n) is 7.52. The molecule has 1 saturated carbocycles. The molecule has 1 unspecified atom stereocenters. The first kappa shape index (κ1) is 14.9. The van der Waals surface area contributed by atoms with Gasteiger partial charge in [-0.2, -0.15) is 0 Å². The number of hydrogen-bond acceptors (Lipinski definition) is 1. The molecule has 114 valence electrons. The maximum absolute atomic E-state index is 12.3. The molecule has 0 spiro atoms. The van der Waals surface area contributed by atoms with Gasteiger partial charge in [0.05, 0.1) is 6.04 Å². The Labute approximate surface area is 135 Å². The third kappa shape index (κ3) is 3.60. The largest absolute Gasteiger partial charge is 0.331 e. The number of amides is 2. The lowest BCUT2D eigenvalue weighted by atomic mass is 10.0. The lowest BCUT2D eigenvalue weighted by Crippen LogP contribution is -2.33. The minimum atomic E-state index is -0.175. The SMILES string of the molecule is Cc1cc(Cl)ccc1NC(=O)NC(c1ccccc1)C1CC1. The number of nitrogens with one attached hydrogen (secondary N) is 2. The Morgan fingerprint density at radius 2 is 1.91 bits per heavy atom. The van der Waals surface area contributed by atoms with Gasteiger partial charge in [-0.1, -0.05) is 41.9 Å². The molecule has 1 aliphatic rings. The van der Waals surface area contributed by atoms with Crippen LogP contribution in [0.2, 0.25) is 5.02 Å². The van der Waals surface area contributed by atoms with Crippen LogP contribution in [0.4, 0.5) is 10.5 Å². The van der Waals surface area contributed by atoms with E-state index < -0.39 is 0 Å². The summed E-state index contributed by atoms with van der Waals surface area (Å²) in [5.74, 6) is 0.541. The molecule has 2 aromatic rings. The summed E-state index contributed by atoms with van der Waals surface area (Å²) in [6, 6.07) is 15.5. The molecule has 2 amide bonds. The van der Waals surface area contributed by atoms with Crippen LogP contribution in [0.25, 0.3) is 0 Å². The molecule has 1 atom stereocenters. The first-order valence-corrected chi connectivity index (χ1v) is 7.90. The molecule has 0 heterocycles. The van der Waals surface area contributed by atoms with Crippen molar-refractivity contribution in [3.05, 3.63) is 64.7 Å². The van der Waals surface area contributed by atoms with Crippen molar-refractivity contribution in [3.8, 4) is 0 Å². The Bertz CT molecular complexity index is 668. The number of urea groups is 1. The normalized spacial score (nSPS) is 15.2. The average Bonchev–Trinajstić information content (AvgIpc) is 3.33. The van der Waals surface area contributed by atoms with Crippen molar-refractivity contribution in [2.24, 2.45) is 5.92 Å². The fraction of sp³-hybridized carbons (Fsp3) is 0.278. The smallest absolute Gasteiger partial charge is 0.319 e. The van der Waals surface area contributed by atoms with Crippen LogP contribution in [0, 0.1) is 12.8 Å². The van der Waals surface area contributed by atoms with Crippen LogP contribution in [0.15, 0.2) is 48.5 Å². The molecule has 2 aromatic carbocycles. The van der Waals surface area contributed by atoms with Crippen LogP contribution >= 0.6 is 11.6 Å². The summed E-state index contributed by atoms with van der Waals surface area (Å²) in [7, 11) is 0. The molecule has 22 heavy (non-hydrogen) atoms. The van der Waals surface area contributed by atoms with Crippen molar-refractivity contribution >= 4 is 23.3 Å². The van der Waals surface area contributed by atoms with Gasteiger partial charge >= 0.3 is 6.03 Å². The summed E-state index contributed by atoms with van der Waals surface area (Å²) >= 11 is 5.94. The van der Waals surface area contributed by atoms with E-state index in [2.05, 4.69) is 22.8 Å². The predicted octanol–water partition coefficient (Wildman–Crippen LogP) is 4.92. The first-order chi connectivity index (χ1) is 10.6. The molecule has 2 N–H and O–H groups in total. The predicted molar refractivity (Wildman–Crippen MR) is 90.3 cm³/mol. The minimum absolute atomic E-state index is 0.0776. The fourth-order valence-electron chi connectivity index (χ4n) is 2.63. The Balaban J connectivity index is 1.69. The van der Waals surface area contributed by atoms with Gasteiger partial charge < -0.3 is 10.6 Å². The van der Waals surface area contributed by atoms with E-state index in [1.165, 1.54) is 12.8 Å². The van der Waals surface area contributed by atoms with Gasteiger partial charge in [-0.05, 0) is 55.0 Å². The summed E-state index contributed by atoms with van der Waals surface area (Å²) in [5, 5.41) is 6.68. The number of halogens is 1. The lowest BCUT2D eigenvalue weighted by molar-refractivity contribution is 0.247. The maximum atomic E-state index is 12.3. The van der Waals surface area contributed by atoms with Crippen molar-refractivity contribution in [1.29, 1.82) is 0 Å². The Morgan fingerprint density at radius 1 is 1.18 bits per heavy atom. The molecule has 0 aliphatic heterocycles. The second-order valence-electron chi connectivity index (χ2n) is 5.78. The number of rotatable bonds is 4. The molecule has 0 saturated heterocycles. The molecule has 0 radical (unpaired) electrons. The van der Waals surface area contributed by atoms with Gasteiger partial charge in [0.15, 0.2) is 0 Å². The Morgan fingerprint density at radius 3 is 2.55 bits per heavy atom. The second-order valence-corrected chi connectivity index (χ2v) is 6.22. The van der Waals surface area contributed by atoms with Crippen LogP contribution in [0.1, 0.15) is 30.0 Å². The second kappa shape index (κ2) is 6.41. The monoisotopic (exact) mass is 314 g/mol. The fourth-order valence-corrected chi connectivity index (χ4v) is 2.86. The van der Waals surface area contributed by atoms with Gasteiger partial charge in [-0.15, -0.1) is 0 Å². The average molecular weight is 315 g/mol. The highest BCUT2D eigenvalue weighted by atomic mass is 35.5. The van der Waals surface area contributed by atoms with E-state index in [9.17, 15) is 4.79 Å². The molecular weight excluding hydrogens is 296 g/mol. The molecule has 1 fully saturated rings. The molecule has 3 rings (SSSR count). The van der Waals surface area contributed by atoms with Gasteiger partial charge in [0, 0.05) is 10.7 Å². The van der Waals surface area contributed by atoms with Gasteiger partial charge in [0.2, 0.25) is 0 Å². The van der Waals surface area contributed by atoms with Crippen molar-refractivity contribution in [3.63, 3.8) is 0 Å². The lowest BCUT2D eigenvalue weighted by Gasteiger charge is -2.19. The standard InChI is InChI=1S/C18H19ClN2O/c1-12-11-15(19)9-10-16(12)20-18(22)21-17(14-7-8-14)13-5-3-2-4-6-13/h2-6,9-11,14,17H,7-8H2,1H3,(H2,20,21,22). The van der Waals surface area contributed by atoms with Gasteiger partial charge in [-0.25, -0.2) is 4.79 Å². The Kier molecular flexibility index (Phi) is 4.34. The molecule has 3 nitrogen and oxygen atoms in total. The zero-order valence-corrected chi connectivity index (χ0v) is 13.2. The maximum Gasteiger partial charge on any atom is 0.319 e. The summed E-state index contributed by atoms with van der Waals surface area (Å²) in [5.41, 5.74) is 2.89. The quantitative estimate of drug-likeness (QED) is 0.826. The van der Waals surface area contributed by atoms with E-state index in [1.807, 2.05) is 37.3 Å². The Hall–Kier alpha value is -2.00. The zero-order valence-electron chi connectivity index (χ0n) is 12.5. The van der Waals surface area contributed by atoms with Crippen molar-refractivity contribution in [2.75, 3.05) is 5.32 Å². The molecular formula is C18H19ClN2O. The van der Waals surface area contributed by atoms with Gasteiger partial charge in [0.1, 0.15) is 0 Å². The van der Waals surface area contributed by atoms with E-state index in [0.29, 0.717) is 10.9 Å². The molecule has 0 aromatic heterocycles. The highest BCUT2D eigenvalue weighted by molar-refractivity contribution is 6.30. The summed E-state index contributed by atoms with van der Waals surface area (Å²) < 4.78 is 0. The van der Waals surface area contributed by atoms with Crippen LogP contribution in [-0.4, -0.2) is 6.03 Å². The summed E-state index contributed by atoms with van der Waals surface area (Å²) in [6.07, 6.45) is 2.33. The number of aryl methyl sites for hydroxylation is 1. The number of hydrogen-bond donors (Lipinski definition) is 2. The topological polar surface area (TPSA) is 41.1 Å². The van der Waals surface area contributed by atoms with E-state index in [-0.39, 0.29) is 12.1 Å². The molecule has 4 heteroatoms.